The molecule has 0 amide bonds. The first-order valence-corrected chi connectivity index (χ1v) is 8.48. The van der Waals surface area contributed by atoms with E-state index in [0.29, 0.717) is 17.6 Å². The van der Waals surface area contributed by atoms with E-state index in [4.69, 9.17) is 0 Å². The quantitative estimate of drug-likeness (QED) is 0.835. The molecule has 1 aromatic rings. The van der Waals surface area contributed by atoms with E-state index in [0.717, 1.165) is 29.1 Å². The zero-order valence-electron chi connectivity index (χ0n) is 11.3. The Balaban J connectivity index is 1.46. The zero-order chi connectivity index (χ0) is 12.9. The van der Waals surface area contributed by atoms with Gasteiger partial charge >= 0.3 is 0 Å². The highest BCUT2D eigenvalue weighted by Crippen LogP contribution is 2.61. The third kappa shape index (κ3) is 2.26. The second-order valence-corrected chi connectivity index (χ2v) is 8.25. The fraction of sp³-hybridized carbons (Fsp3) is 0.750. The summed E-state index contributed by atoms with van der Waals surface area (Å²) in [5.41, 5.74) is 2.23. The van der Waals surface area contributed by atoms with Crippen LogP contribution >= 0.6 is 11.3 Å². The van der Waals surface area contributed by atoms with E-state index >= 15 is 0 Å². The molecular weight excluding hydrogens is 254 g/mol. The lowest BCUT2D eigenvalue weighted by Crippen LogP contribution is -2.47. The number of ketones is 1. The number of aromatic nitrogens is 1. The molecule has 5 rings (SSSR count). The van der Waals surface area contributed by atoms with Gasteiger partial charge in [0, 0.05) is 23.9 Å². The van der Waals surface area contributed by atoms with Crippen molar-refractivity contribution in [2.45, 2.75) is 51.4 Å². The molecule has 0 radical (unpaired) electrons. The van der Waals surface area contributed by atoms with E-state index < -0.39 is 0 Å². The van der Waals surface area contributed by atoms with Gasteiger partial charge in [-0.05, 0) is 61.7 Å². The van der Waals surface area contributed by atoms with Crippen LogP contribution in [0.3, 0.4) is 0 Å². The van der Waals surface area contributed by atoms with E-state index in [2.05, 4.69) is 4.98 Å². The fourth-order valence-corrected chi connectivity index (χ4v) is 6.13. The van der Waals surface area contributed by atoms with Gasteiger partial charge in [0.15, 0.2) is 0 Å². The summed E-state index contributed by atoms with van der Waals surface area (Å²) in [5, 5.41) is 0. The summed E-state index contributed by atoms with van der Waals surface area (Å²) in [6, 6.07) is 0. The van der Waals surface area contributed by atoms with Crippen LogP contribution in [0.1, 0.15) is 49.8 Å². The van der Waals surface area contributed by atoms with Gasteiger partial charge in [-0.1, -0.05) is 0 Å². The normalized spacial score (nSPS) is 39.7. The van der Waals surface area contributed by atoms with Crippen LogP contribution in [0.4, 0.5) is 0 Å². The fourth-order valence-electron chi connectivity index (χ4n) is 5.51. The van der Waals surface area contributed by atoms with Gasteiger partial charge in [-0.25, -0.2) is 0 Å². The summed E-state index contributed by atoms with van der Waals surface area (Å²) >= 11 is 1.61. The Kier molecular flexibility index (Phi) is 2.80. The maximum atomic E-state index is 12.4. The van der Waals surface area contributed by atoms with Crippen molar-refractivity contribution in [2.75, 3.05) is 0 Å². The summed E-state index contributed by atoms with van der Waals surface area (Å²) in [6.07, 6.45) is 11.7. The maximum absolute atomic E-state index is 12.4. The number of nitrogens with zero attached hydrogens (tertiary/aromatic N) is 1. The lowest BCUT2D eigenvalue weighted by molar-refractivity contribution is -0.126. The molecular formula is C16H21NOS. The van der Waals surface area contributed by atoms with Crippen LogP contribution in [0.25, 0.3) is 0 Å². The van der Waals surface area contributed by atoms with Crippen LogP contribution in [0.2, 0.25) is 0 Å². The highest BCUT2D eigenvalue weighted by molar-refractivity contribution is 7.09. The van der Waals surface area contributed by atoms with Crippen LogP contribution in [0.15, 0.2) is 11.7 Å². The first kappa shape index (κ1) is 12.1. The SMILES string of the molecule is O=C(Cc1cncs1)CC12CC3CC(CC(C3)C1)C2. The number of hydrogen-bond acceptors (Lipinski definition) is 3. The minimum atomic E-state index is 0.399. The molecule has 4 saturated carbocycles. The van der Waals surface area contributed by atoms with Crippen molar-refractivity contribution in [3.8, 4) is 0 Å². The van der Waals surface area contributed by atoms with Crippen molar-refractivity contribution >= 4 is 17.1 Å². The Labute approximate surface area is 118 Å². The summed E-state index contributed by atoms with van der Waals surface area (Å²) in [6.45, 7) is 0. The molecule has 0 aliphatic heterocycles. The molecule has 0 spiro atoms. The Hall–Kier alpha value is -0.700. The minimum absolute atomic E-state index is 0.399. The van der Waals surface area contributed by atoms with E-state index in [9.17, 15) is 4.79 Å². The van der Waals surface area contributed by atoms with Crippen LogP contribution in [0, 0.1) is 23.2 Å². The second kappa shape index (κ2) is 4.41. The predicted molar refractivity (Wildman–Crippen MR) is 76.0 cm³/mol. The third-order valence-electron chi connectivity index (χ3n) is 5.59. The van der Waals surface area contributed by atoms with Gasteiger partial charge in [0.05, 0.1) is 5.51 Å². The first-order valence-electron chi connectivity index (χ1n) is 7.60. The summed E-state index contributed by atoms with van der Waals surface area (Å²) in [5.74, 6) is 3.29. The minimum Gasteiger partial charge on any atom is -0.299 e. The molecule has 0 unspecified atom stereocenters. The molecule has 0 atom stereocenters. The molecule has 19 heavy (non-hydrogen) atoms. The Morgan fingerprint density at radius 2 is 1.84 bits per heavy atom. The summed E-state index contributed by atoms with van der Waals surface area (Å²) in [4.78, 5) is 17.6. The van der Waals surface area contributed by atoms with Crippen molar-refractivity contribution in [1.29, 1.82) is 0 Å². The monoisotopic (exact) mass is 275 g/mol. The van der Waals surface area contributed by atoms with Gasteiger partial charge in [-0.3, -0.25) is 9.78 Å². The molecule has 0 saturated heterocycles. The average Bonchev–Trinajstić information content (AvgIpc) is 2.78. The standard InChI is InChI=1S/C16H21NOS/c18-14(4-15-9-17-10-19-15)8-16-5-11-1-12(6-16)3-13(2-11)7-16/h9-13H,1-8H2. The van der Waals surface area contributed by atoms with Gasteiger partial charge in [0.1, 0.15) is 5.78 Å². The van der Waals surface area contributed by atoms with E-state index in [-0.39, 0.29) is 0 Å². The number of Topliss-reactive ketones (excluding diaryl/α,β-unsaturated/α-hetero) is 1. The van der Waals surface area contributed by atoms with Crippen molar-refractivity contribution in [2.24, 2.45) is 23.2 Å². The van der Waals surface area contributed by atoms with Gasteiger partial charge in [-0.2, -0.15) is 0 Å². The Morgan fingerprint density at radius 3 is 2.37 bits per heavy atom. The van der Waals surface area contributed by atoms with E-state index in [1.165, 1.54) is 38.5 Å². The van der Waals surface area contributed by atoms with Gasteiger partial charge in [0.25, 0.3) is 0 Å². The van der Waals surface area contributed by atoms with Gasteiger partial charge < -0.3 is 0 Å². The van der Waals surface area contributed by atoms with Crippen LogP contribution in [0.5, 0.6) is 0 Å². The Morgan fingerprint density at radius 1 is 1.21 bits per heavy atom. The number of carbonyl (C=O) groups excluding carboxylic acids is 1. The van der Waals surface area contributed by atoms with Gasteiger partial charge in [-0.15, -0.1) is 11.3 Å². The molecule has 102 valence electrons. The molecule has 4 fully saturated rings. The first-order chi connectivity index (χ1) is 9.21. The number of hydrogen-bond donors (Lipinski definition) is 0. The van der Waals surface area contributed by atoms with Crippen molar-refractivity contribution in [1.82, 2.24) is 4.98 Å². The zero-order valence-corrected chi connectivity index (χ0v) is 12.1. The van der Waals surface area contributed by atoms with Crippen molar-refractivity contribution in [3.63, 3.8) is 0 Å². The highest BCUT2D eigenvalue weighted by Gasteiger charge is 2.51. The van der Waals surface area contributed by atoms with Crippen LogP contribution in [-0.4, -0.2) is 10.8 Å². The lowest BCUT2D eigenvalue weighted by atomic mass is 9.48. The molecule has 3 heteroatoms. The Bertz CT molecular complexity index is 444. The molecule has 1 aromatic heterocycles. The smallest absolute Gasteiger partial charge is 0.138 e. The summed E-state index contributed by atoms with van der Waals surface area (Å²) < 4.78 is 0. The molecule has 0 N–H and O–H groups in total. The highest BCUT2D eigenvalue weighted by atomic mass is 32.1. The van der Waals surface area contributed by atoms with Crippen LogP contribution in [-0.2, 0) is 11.2 Å². The molecule has 4 bridgehead atoms. The number of carbonyl (C=O) groups is 1. The molecule has 2 nitrogen and oxygen atoms in total. The third-order valence-corrected chi connectivity index (χ3v) is 6.37. The van der Waals surface area contributed by atoms with Crippen LogP contribution < -0.4 is 0 Å². The average molecular weight is 275 g/mol. The van der Waals surface area contributed by atoms with E-state index in [1.807, 2.05) is 11.7 Å². The largest absolute Gasteiger partial charge is 0.299 e. The van der Waals surface area contributed by atoms with Gasteiger partial charge in [0.2, 0.25) is 0 Å². The summed E-state index contributed by atoms with van der Waals surface area (Å²) in [7, 11) is 0. The molecule has 4 aliphatic carbocycles. The number of rotatable bonds is 4. The number of thiazole rings is 1. The molecule has 0 aromatic carbocycles. The topological polar surface area (TPSA) is 30.0 Å². The molecule has 4 aliphatic rings. The maximum Gasteiger partial charge on any atom is 0.138 e. The second-order valence-electron chi connectivity index (χ2n) is 7.28. The van der Waals surface area contributed by atoms with E-state index in [1.54, 1.807) is 11.3 Å². The lowest BCUT2D eigenvalue weighted by Gasteiger charge is -2.56. The molecule has 1 heterocycles. The predicted octanol–water partition coefficient (Wildman–Crippen LogP) is 3.86. The van der Waals surface area contributed by atoms with Crippen molar-refractivity contribution in [3.05, 3.63) is 16.6 Å². The van der Waals surface area contributed by atoms with Crippen molar-refractivity contribution < 1.29 is 4.79 Å².